The van der Waals surface area contributed by atoms with E-state index in [1.165, 1.54) is 0 Å². The fourth-order valence-electron chi connectivity index (χ4n) is 1.39. The molecule has 1 aromatic heterocycles. The number of amides is 1. The van der Waals surface area contributed by atoms with Crippen LogP contribution < -0.4 is 10.1 Å². The zero-order chi connectivity index (χ0) is 11.5. The monoisotopic (exact) mass is 225 g/mol. The summed E-state index contributed by atoms with van der Waals surface area (Å²) in [5.74, 6) is 0.691. The Bertz CT molecular complexity index is 375. The maximum absolute atomic E-state index is 10.8. The number of aromatic nitrogens is 2. The van der Waals surface area contributed by atoms with Crippen molar-refractivity contribution in [1.29, 1.82) is 0 Å². The molecule has 1 unspecified atom stereocenters. The number of carbonyl (C=O) groups is 1. The van der Waals surface area contributed by atoms with E-state index in [2.05, 4.69) is 10.4 Å². The summed E-state index contributed by atoms with van der Waals surface area (Å²) in [7, 11) is 0. The summed E-state index contributed by atoms with van der Waals surface area (Å²) >= 11 is 0. The normalized spacial score (nSPS) is 19.7. The standard InChI is InChI=1S/C10H15N3O3/c1-7(2)13-5-8(4-12-13)15-6-9-3-11-10(14)16-9/h4-5,7,9H,3,6H2,1-2H3,(H,11,14). The molecule has 1 amide bonds. The predicted molar refractivity (Wildman–Crippen MR) is 56.4 cm³/mol. The Morgan fingerprint density at radius 2 is 2.56 bits per heavy atom. The highest BCUT2D eigenvalue weighted by Gasteiger charge is 2.23. The number of ether oxygens (including phenoxy) is 2. The molecule has 1 saturated heterocycles. The molecular weight excluding hydrogens is 210 g/mol. The minimum absolute atomic E-state index is 0.213. The molecule has 0 bridgehead atoms. The highest BCUT2D eigenvalue weighted by atomic mass is 16.6. The van der Waals surface area contributed by atoms with Gasteiger partial charge in [-0.2, -0.15) is 5.10 Å². The molecule has 88 valence electrons. The van der Waals surface area contributed by atoms with Crippen LogP contribution in [0, 0.1) is 0 Å². The van der Waals surface area contributed by atoms with Gasteiger partial charge in [-0.25, -0.2) is 4.79 Å². The quantitative estimate of drug-likeness (QED) is 0.828. The van der Waals surface area contributed by atoms with Crippen molar-refractivity contribution >= 4 is 6.09 Å². The Hall–Kier alpha value is -1.72. The minimum Gasteiger partial charge on any atom is -0.486 e. The largest absolute Gasteiger partial charge is 0.486 e. The van der Waals surface area contributed by atoms with Gasteiger partial charge in [-0.1, -0.05) is 0 Å². The van der Waals surface area contributed by atoms with E-state index < -0.39 is 0 Å². The number of nitrogens with one attached hydrogen (secondary N) is 1. The first-order chi connectivity index (χ1) is 7.65. The highest BCUT2D eigenvalue weighted by Crippen LogP contribution is 2.13. The lowest BCUT2D eigenvalue weighted by molar-refractivity contribution is 0.105. The van der Waals surface area contributed by atoms with Crippen LogP contribution in [-0.4, -0.2) is 35.1 Å². The van der Waals surface area contributed by atoms with Crippen molar-refractivity contribution < 1.29 is 14.3 Å². The van der Waals surface area contributed by atoms with Crippen LogP contribution in [0.2, 0.25) is 0 Å². The maximum atomic E-state index is 10.8. The van der Waals surface area contributed by atoms with Crippen LogP contribution in [0.5, 0.6) is 5.75 Å². The number of rotatable bonds is 4. The molecule has 6 heteroatoms. The molecule has 0 aromatic carbocycles. The van der Waals surface area contributed by atoms with Crippen LogP contribution in [0.3, 0.4) is 0 Å². The lowest BCUT2D eigenvalue weighted by Crippen LogP contribution is -2.21. The van der Waals surface area contributed by atoms with E-state index >= 15 is 0 Å². The molecule has 1 aliphatic heterocycles. The zero-order valence-electron chi connectivity index (χ0n) is 9.34. The molecular formula is C10H15N3O3. The lowest BCUT2D eigenvalue weighted by Gasteiger charge is -2.08. The van der Waals surface area contributed by atoms with Crippen LogP contribution in [0.25, 0.3) is 0 Å². The summed E-state index contributed by atoms with van der Waals surface area (Å²) in [6.45, 7) is 4.93. The second-order valence-corrected chi connectivity index (χ2v) is 3.97. The fraction of sp³-hybridized carbons (Fsp3) is 0.600. The molecule has 1 fully saturated rings. The van der Waals surface area contributed by atoms with Gasteiger partial charge in [-0.15, -0.1) is 0 Å². The molecule has 0 radical (unpaired) electrons. The van der Waals surface area contributed by atoms with E-state index in [1.807, 2.05) is 24.7 Å². The molecule has 0 saturated carbocycles. The summed E-state index contributed by atoms with van der Waals surface area (Å²) in [6.07, 6.45) is 2.89. The van der Waals surface area contributed by atoms with Gasteiger partial charge in [0.2, 0.25) is 0 Å². The Morgan fingerprint density at radius 3 is 3.12 bits per heavy atom. The third kappa shape index (κ3) is 2.44. The van der Waals surface area contributed by atoms with Gasteiger partial charge < -0.3 is 14.8 Å². The Kier molecular flexibility index (Phi) is 2.98. The zero-order valence-corrected chi connectivity index (χ0v) is 9.34. The Morgan fingerprint density at radius 1 is 1.75 bits per heavy atom. The van der Waals surface area contributed by atoms with E-state index in [0.717, 1.165) is 0 Å². The number of carbonyl (C=O) groups excluding carboxylic acids is 1. The van der Waals surface area contributed by atoms with Crippen molar-refractivity contribution in [2.75, 3.05) is 13.2 Å². The average Bonchev–Trinajstić information content (AvgIpc) is 2.83. The fourth-order valence-corrected chi connectivity index (χ4v) is 1.39. The number of hydrogen-bond donors (Lipinski definition) is 1. The molecule has 0 aliphatic carbocycles. The molecule has 6 nitrogen and oxygen atoms in total. The topological polar surface area (TPSA) is 65.4 Å². The smallest absolute Gasteiger partial charge is 0.407 e. The molecule has 16 heavy (non-hydrogen) atoms. The third-order valence-electron chi connectivity index (χ3n) is 2.29. The molecule has 1 atom stereocenters. The van der Waals surface area contributed by atoms with Gasteiger partial charge in [-0.3, -0.25) is 4.68 Å². The van der Waals surface area contributed by atoms with E-state index in [9.17, 15) is 4.79 Å². The van der Waals surface area contributed by atoms with Crippen molar-refractivity contribution in [3.05, 3.63) is 12.4 Å². The molecule has 2 heterocycles. The van der Waals surface area contributed by atoms with Gasteiger partial charge in [0.05, 0.1) is 18.9 Å². The van der Waals surface area contributed by atoms with Crippen LogP contribution >= 0.6 is 0 Å². The van der Waals surface area contributed by atoms with Crippen LogP contribution in [0.4, 0.5) is 4.79 Å². The predicted octanol–water partition coefficient (Wildman–Crippen LogP) is 0.951. The molecule has 1 aliphatic rings. The van der Waals surface area contributed by atoms with Gasteiger partial charge in [0, 0.05) is 6.04 Å². The average molecular weight is 225 g/mol. The number of alkyl carbamates (subject to hydrolysis) is 1. The second kappa shape index (κ2) is 4.42. The van der Waals surface area contributed by atoms with Gasteiger partial charge in [0.15, 0.2) is 11.9 Å². The second-order valence-electron chi connectivity index (χ2n) is 3.97. The summed E-state index contributed by atoms with van der Waals surface area (Å²) in [4.78, 5) is 10.8. The van der Waals surface area contributed by atoms with E-state index in [-0.39, 0.29) is 12.2 Å². The summed E-state index contributed by atoms with van der Waals surface area (Å²) < 4.78 is 12.2. The molecule has 1 aromatic rings. The van der Waals surface area contributed by atoms with Crippen molar-refractivity contribution in [1.82, 2.24) is 15.1 Å². The van der Waals surface area contributed by atoms with Crippen molar-refractivity contribution in [2.24, 2.45) is 0 Å². The van der Waals surface area contributed by atoms with Crippen molar-refractivity contribution in [3.63, 3.8) is 0 Å². The first-order valence-electron chi connectivity index (χ1n) is 5.26. The van der Waals surface area contributed by atoms with Gasteiger partial charge in [0.25, 0.3) is 0 Å². The summed E-state index contributed by atoms with van der Waals surface area (Å²) in [5, 5.41) is 6.71. The van der Waals surface area contributed by atoms with Crippen LogP contribution in [-0.2, 0) is 4.74 Å². The van der Waals surface area contributed by atoms with Crippen molar-refractivity contribution in [3.8, 4) is 5.75 Å². The van der Waals surface area contributed by atoms with Crippen LogP contribution in [0.15, 0.2) is 12.4 Å². The summed E-state index contributed by atoms with van der Waals surface area (Å²) in [5.41, 5.74) is 0. The molecule has 0 spiro atoms. The molecule has 1 N–H and O–H groups in total. The first kappa shape index (κ1) is 10.8. The lowest BCUT2D eigenvalue weighted by atomic mass is 10.4. The SMILES string of the molecule is CC(C)n1cc(OCC2CNC(=O)O2)cn1. The van der Waals surface area contributed by atoms with E-state index in [4.69, 9.17) is 9.47 Å². The first-order valence-corrected chi connectivity index (χ1v) is 5.26. The molecule has 2 rings (SSSR count). The Balaban J connectivity index is 1.83. The van der Waals surface area contributed by atoms with Gasteiger partial charge in [0.1, 0.15) is 6.61 Å². The minimum atomic E-state index is -0.383. The van der Waals surface area contributed by atoms with Gasteiger partial charge in [-0.05, 0) is 13.8 Å². The summed E-state index contributed by atoms with van der Waals surface area (Å²) in [6, 6.07) is 0.309. The van der Waals surface area contributed by atoms with Crippen molar-refractivity contribution in [2.45, 2.75) is 26.0 Å². The Labute approximate surface area is 93.5 Å². The highest BCUT2D eigenvalue weighted by molar-refractivity contribution is 5.69. The number of hydrogen-bond acceptors (Lipinski definition) is 4. The number of cyclic esters (lactones) is 1. The van der Waals surface area contributed by atoms with E-state index in [0.29, 0.717) is 24.9 Å². The van der Waals surface area contributed by atoms with Crippen LogP contribution in [0.1, 0.15) is 19.9 Å². The maximum Gasteiger partial charge on any atom is 0.407 e. The number of nitrogens with zero attached hydrogens (tertiary/aromatic N) is 2. The van der Waals surface area contributed by atoms with E-state index in [1.54, 1.807) is 6.20 Å². The third-order valence-corrected chi connectivity index (χ3v) is 2.29. The van der Waals surface area contributed by atoms with Gasteiger partial charge >= 0.3 is 6.09 Å².